The molecule has 2 heterocycles. The summed E-state index contributed by atoms with van der Waals surface area (Å²) in [4.78, 5) is 5.05. The summed E-state index contributed by atoms with van der Waals surface area (Å²) in [5.41, 5.74) is 3.73. The van der Waals surface area contributed by atoms with E-state index in [9.17, 15) is 0 Å². The van der Waals surface area contributed by atoms with Crippen LogP contribution < -0.4 is 5.46 Å². The van der Waals surface area contributed by atoms with E-state index >= 15 is 0 Å². The summed E-state index contributed by atoms with van der Waals surface area (Å²) < 4.78 is 15.5. The maximum atomic E-state index is 6.57. The summed E-state index contributed by atoms with van der Waals surface area (Å²) >= 11 is 0. The highest BCUT2D eigenvalue weighted by atomic mass is 32.3. The SMILES string of the molecule is CC1(C)OB(c2cccc(S(c3ccccc3)(c3ccccc3)c3cccc(-n4c5ccccc5c5ccccc54)c3)c2)OC1(C)C. The van der Waals surface area contributed by atoms with E-state index in [1.807, 2.05) is 0 Å². The molecule has 1 aliphatic rings. The lowest BCUT2D eigenvalue weighted by atomic mass is 9.79. The summed E-state index contributed by atoms with van der Waals surface area (Å²) in [6, 6.07) is 57.5. The van der Waals surface area contributed by atoms with Crippen molar-refractivity contribution in [3.05, 3.63) is 158 Å². The van der Waals surface area contributed by atoms with Crippen molar-refractivity contribution in [2.24, 2.45) is 0 Å². The Bertz CT molecular complexity index is 2120. The molecule has 1 aromatic heterocycles. The van der Waals surface area contributed by atoms with Crippen LogP contribution in [0.4, 0.5) is 0 Å². The Hall–Kier alpha value is -4.55. The zero-order chi connectivity index (χ0) is 32.2. The molecule has 0 aliphatic carbocycles. The molecule has 0 radical (unpaired) electrons. The lowest BCUT2D eigenvalue weighted by Crippen LogP contribution is -2.41. The van der Waals surface area contributed by atoms with Crippen molar-refractivity contribution in [1.29, 1.82) is 0 Å². The van der Waals surface area contributed by atoms with Gasteiger partial charge in [-0.25, -0.2) is 0 Å². The van der Waals surface area contributed by atoms with Crippen molar-refractivity contribution in [3.8, 4) is 5.69 Å². The van der Waals surface area contributed by atoms with E-state index in [0.29, 0.717) is 0 Å². The van der Waals surface area contributed by atoms with E-state index in [1.165, 1.54) is 41.4 Å². The van der Waals surface area contributed by atoms with Gasteiger partial charge in [-0.2, -0.15) is 0 Å². The quantitative estimate of drug-likeness (QED) is 0.171. The zero-order valence-electron chi connectivity index (χ0n) is 27.3. The first-order valence-electron chi connectivity index (χ1n) is 16.3. The first-order chi connectivity index (χ1) is 22.8. The molecule has 0 bridgehead atoms. The molecule has 5 heteroatoms. The fourth-order valence-corrected chi connectivity index (χ4v) is 10.8. The maximum Gasteiger partial charge on any atom is 0.494 e. The number of hydrogen-bond donors (Lipinski definition) is 0. The fourth-order valence-electron chi connectivity index (χ4n) is 6.91. The normalized spacial score (nSPS) is 16.1. The molecule has 7 aromatic rings. The molecule has 232 valence electrons. The van der Waals surface area contributed by atoms with Crippen LogP contribution >= 0.6 is 10.0 Å². The number of hydrogen-bond acceptors (Lipinski definition) is 2. The molecule has 0 spiro atoms. The summed E-state index contributed by atoms with van der Waals surface area (Å²) in [5, 5.41) is 2.52. The molecule has 8 rings (SSSR count). The van der Waals surface area contributed by atoms with E-state index in [2.05, 4.69) is 190 Å². The van der Waals surface area contributed by atoms with E-state index in [1.54, 1.807) is 0 Å². The number of aromatic nitrogens is 1. The Labute approximate surface area is 279 Å². The molecule has 1 fully saturated rings. The highest BCUT2D eigenvalue weighted by Crippen LogP contribution is 2.73. The smallest absolute Gasteiger partial charge is 0.399 e. The van der Waals surface area contributed by atoms with E-state index in [0.717, 1.165) is 11.2 Å². The van der Waals surface area contributed by atoms with Crippen LogP contribution in [0.3, 0.4) is 0 Å². The molecule has 0 amide bonds. The Morgan fingerprint density at radius 2 is 0.915 bits per heavy atom. The second kappa shape index (κ2) is 11.3. The van der Waals surface area contributed by atoms with E-state index in [4.69, 9.17) is 9.31 Å². The Balaban J connectivity index is 1.40. The highest BCUT2D eigenvalue weighted by molar-refractivity contribution is 8.34. The van der Waals surface area contributed by atoms with E-state index in [-0.39, 0.29) is 0 Å². The molecule has 6 aromatic carbocycles. The third-order valence-electron chi connectivity index (χ3n) is 9.94. The fraction of sp³-hybridized carbons (Fsp3) is 0.143. The van der Waals surface area contributed by atoms with Crippen molar-refractivity contribution in [2.45, 2.75) is 58.5 Å². The summed E-state index contributed by atoms with van der Waals surface area (Å²) in [7, 11) is -2.42. The van der Waals surface area contributed by atoms with Gasteiger partial charge in [-0.3, -0.25) is 0 Å². The molecule has 0 saturated carbocycles. The standard InChI is InChI=1S/C42H38BNO2S/c1-41(2)42(3,4)46-43(45-41)31-17-15-23-35(29-31)47(33-19-7-5-8-20-33,34-21-9-6-10-22-34)36-24-16-18-32(30-36)44-39-27-13-11-25-37(39)38-26-12-14-28-40(38)44/h5-30H,1-4H3. The summed E-state index contributed by atoms with van der Waals surface area (Å²) in [5.74, 6) is 0. The number of para-hydroxylation sites is 2. The molecular formula is C42H38BNO2S. The van der Waals surface area contributed by atoms with Crippen LogP contribution in [0.2, 0.25) is 0 Å². The van der Waals surface area contributed by atoms with Gasteiger partial charge in [0, 0.05) is 36.0 Å². The average molecular weight is 632 g/mol. The molecule has 1 saturated heterocycles. The van der Waals surface area contributed by atoms with Gasteiger partial charge in [-0.15, -0.1) is 10.0 Å². The third-order valence-corrected chi connectivity index (χ3v) is 13.8. The minimum atomic E-state index is -1.97. The second-order valence-electron chi connectivity index (χ2n) is 13.3. The van der Waals surface area contributed by atoms with Crippen LogP contribution in [0.1, 0.15) is 27.7 Å². The minimum absolute atomic E-state index is 0.423. The van der Waals surface area contributed by atoms with Crippen LogP contribution in [-0.2, 0) is 9.31 Å². The summed E-state index contributed by atoms with van der Waals surface area (Å²) in [6.45, 7) is 8.45. The predicted molar refractivity (Wildman–Crippen MR) is 196 cm³/mol. The van der Waals surface area contributed by atoms with Crippen LogP contribution in [0, 0.1) is 0 Å². The third kappa shape index (κ3) is 4.76. The maximum absolute atomic E-state index is 6.57. The van der Waals surface area contributed by atoms with Gasteiger partial charge in [0.2, 0.25) is 0 Å². The number of nitrogens with zero attached hydrogens (tertiary/aromatic N) is 1. The van der Waals surface area contributed by atoms with Gasteiger partial charge < -0.3 is 13.9 Å². The molecule has 1 aliphatic heterocycles. The van der Waals surface area contributed by atoms with Crippen LogP contribution in [0.15, 0.2) is 177 Å². The van der Waals surface area contributed by atoms with Crippen molar-refractivity contribution in [1.82, 2.24) is 4.57 Å². The van der Waals surface area contributed by atoms with Crippen molar-refractivity contribution in [3.63, 3.8) is 0 Å². The lowest BCUT2D eigenvalue weighted by Gasteiger charge is -2.42. The molecular weight excluding hydrogens is 593 g/mol. The lowest BCUT2D eigenvalue weighted by molar-refractivity contribution is 0.00578. The van der Waals surface area contributed by atoms with Crippen LogP contribution in [0.5, 0.6) is 0 Å². The van der Waals surface area contributed by atoms with Gasteiger partial charge in [0.15, 0.2) is 0 Å². The van der Waals surface area contributed by atoms with Crippen molar-refractivity contribution in [2.75, 3.05) is 0 Å². The first kappa shape index (κ1) is 29.8. The van der Waals surface area contributed by atoms with Crippen LogP contribution in [-0.4, -0.2) is 22.9 Å². The van der Waals surface area contributed by atoms with Gasteiger partial charge in [-0.1, -0.05) is 91.0 Å². The molecule has 0 unspecified atom stereocenters. The van der Waals surface area contributed by atoms with Gasteiger partial charge in [-0.05, 0) is 99.9 Å². The Morgan fingerprint density at radius 1 is 0.468 bits per heavy atom. The molecule has 3 nitrogen and oxygen atoms in total. The number of rotatable bonds is 6. The zero-order valence-corrected chi connectivity index (χ0v) is 28.1. The Kier molecular flexibility index (Phi) is 7.18. The van der Waals surface area contributed by atoms with Crippen LogP contribution in [0.25, 0.3) is 27.5 Å². The first-order valence-corrected chi connectivity index (χ1v) is 17.9. The monoisotopic (exact) mass is 631 g/mol. The minimum Gasteiger partial charge on any atom is -0.399 e. The topological polar surface area (TPSA) is 23.4 Å². The van der Waals surface area contributed by atoms with Crippen molar-refractivity contribution >= 4 is 44.4 Å². The highest BCUT2D eigenvalue weighted by Gasteiger charge is 2.52. The Morgan fingerprint density at radius 3 is 1.47 bits per heavy atom. The predicted octanol–water partition coefficient (Wildman–Crippen LogP) is 10.4. The van der Waals surface area contributed by atoms with Gasteiger partial charge in [0.25, 0.3) is 0 Å². The number of benzene rings is 6. The largest absolute Gasteiger partial charge is 0.494 e. The average Bonchev–Trinajstić information content (AvgIpc) is 3.55. The summed E-state index contributed by atoms with van der Waals surface area (Å²) in [6.07, 6.45) is 0. The van der Waals surface area contributed by atoms with Gasteiger partial charge >= 0.3 is 7.12 Å². The van der Waals surface area contributed by atoms with Crippen molar-refractivity contribution < 1.29 is 9.31 Å². The van der Waals surface area contributed by atoms with E-state index < -0.39 is 28.3 Å². The molecule has 0 atom stereocenters. The molecule has 0 N–H and O–H groups in total. The van der Waals surface area contributed by atoms with Gasteiger partial charge in [0.05, 0.1) is 22.2 Å². The second-order valence-corrected chi connectivity index (χ2v) is 16.4. The number of fused-ring (bicyclic) bond motifs is 3. The molecule has 47 heavy (non-hydrogen) atoms. The van der Waals surface area contributed by atoms with Gasteiger partial charge in [0.1, 0.15) is 0 Å².